The van der Waals surface area contributed by atoms with E-state index in [9.17, 15) is 4.79 Å². The monoisotopic (exact) mass is 237 g/mol. The van der Waals surface area contributed by atoms with E-state index in [0.717, 1.165) is 10.5 Å². The SMILES string of the molecule is C=C(C)CNC(=O)Nc1ccc(SC)cn1. The fraction of sp³-hybridized carbons (Fsp3) is 0.273. The minimum Gasteiger partial charge on any atom is -0.334 e. The second-order valence-electron chi connectivity index (χ2n) is 3.35. The molecule has 86 valence electrons. The predicted octanol–water partition coefficient (Wildman–Crippen LogP) is 2.50. The number of pyridine rings is 1. The topological polar surface area (TPSA) is 54.0 Å². The fourth-order valence-corrected chi connectivity index (χ4v) is 1.33. The number of rotatable bonds is 4. The van der Waals surface area contributed by atoms with Gasteiger partial charge in [-0.25, -0.2) is 9.78 Å². The highest BCUT2D eigenvalue weighted by Crippen LogP contribution is 2.14. The molecule has 2 N–H and O–H groups in total. The average Bonchev–Trinajstić information content (AvgIpc) is 2.27. The van der Waals surface area contributed by atoms with Crippen LogP contribution in [0.5, 0.6) is 0 Å². The molecule has 0 radical (unpaired) electrons. The van der Waals surface area contributed by atoms with Crippen LogP contribution in [0.1, 0.15) is 6.92 Å². The number of nitrogens with one attached hydrogen (secondary N) is 2. The molecule has 0 atom stereocenters. The first-order chi connectivity index (χ1) is 7.61. The molecule has 2 amide bonds. The molecule has 4 nitrogen and oxygen atoms in total. The molecule has 0 aliphatic carbocycles. The Morgan fingerprint density at radius 2 is 2.31 bits per heavy atom. The smallest absolute Gasteiger partial charge is 0.320 e. The molecule has 0 fully saturated rings. The van der Waals surface area contributed by atoms with Gasteiger partial charge in [-0.2, -0.15) is 0 Å². The molecule has 0 saturated carbocycles. The van der Waals surface area contributed by atoms with Gasteiger partial charge in [0.2, 0.25) is 0 Å². The van der Waals surface area contributed by atoms with Gasteiger partial charge in [0.15, 0.2) is 0 Å². The zero-order chi connectivity index (χ0) is 12.0. The lowest BCUT2D eigenvalue weighted by atomic mass is 10.3. The van der Waals surface area contributed by atoms with Gasteiger partial charge in [-0.1, -0.05) is 12.2 Å². The Hall–Kier alpha value is -1.49. The summed E-state index contributed by atoms with van der Waals surface area (Å²) in [5.41, 5.74) is 0.904. The number of carbonyl (C=O) groups is 1. The largest absolute Gasteiger partial charge is 0.334 e. The number of urea groups is 1. The van der Waals surface area contributed by atoms with Crippen LogP contribution < -0.4 is 10.6 Å². The van der Waals surface area contributed by atoms with E-state index >= 15 is 0 Å². The maximum absolute atomic E-state index is 11.4. The number of amides is 2. The van der Waals surface area contributed by atoms with Crippen molar-refractivity contribution in [2.75, 3.05) is 18.1 Å². The van der Waals surface area contributed by atoms with Crippen molar-refractivity contribution in [2.24, 2.45) is 0 Å². The van der Waals surface area contributed by atoms with E-state index in [1.807, 2.05) is 19.2 Å². The summed E-state index contributed by atoms with van der Waals surface area (Å²) in [7, 11) is 0. The first-order valence-corrected chi connectivity index (χ1v) is 6.03. The van der Waals surface area contributed by atoms with Crippen LogP contribution in [0.2, 0.25) is 0 Å². The first kappa shape index (κ1) is 12.6. The lowest BCUT2D eigenvalue weighted by Crippen LogP contribution is -2.30. The van der Waals surface area contributed by atoms with Gasteiger partial charge in [0, 0.05) is 17.6 Å². The summed E-state index contributed by atoms with van der Waals surface area (Å²) in [6.45, 7) is 6.02. The molecule has 1 aromatic rings. The minimum atomic E-state index is -0.271. The molecule has 0 aliphatic heterocycles. The Bertz CT molecular complexity index is 375. The number of hydrogen-bond donors (Lipinski definition) is 2. The number of aromatic nitrogens is 1. The zero-order valence-corrected chi connectivity index (χ0v) is 10.2. The molecule has 0 spiro atoms. The van der Waals surface area contributed by atoms with Gasteiger partial charge < -0.3 is 5.32 Å². The highest BCUT2D eigenvalue weighted by atomic mass is 32.2. The second kappa shape index (κ2) is 6.17. The van der Waals surface area contributed by atoms with Crippen molar-refractivity contribution in [1.82, 2.24) is 10.3 Å². The van der Waals surface area contributed by atoms with Gasteiger partial charge in [-0.3, -0.25) is 5.32 Å². The van der Waals surface area contributed by atoms with Crippen molar-refractivity contribution >= 4 is 23.6 Å². The summed E-state index contributed by atoms with van der Waals surface area (Å²) in [5, 5.41) is 5.30. The number of nitrogens with zero attached hydrogens (tertiary/aromatic N) is 1. The van der Waals surface area contributed by atoms with E-state index in [2.05, 4.69) is 22.2 Å². The number of thioether (sulfide) groups is 1. The van der Waals surface area contributed by atoms with E-state index in [1.165, 1.54) is 0 Å². The maximum Gasteiger partial charge on any atom is 0.320 e. The first-order valence-electron chi connectivity index (χ1n) is 4.81. The molecule has 0 aromatic carbocycles. The third kappa shape index (κ3) is 4.35. The van der Waals surface area contributed by atoms with Crippen LogP contribution in [0.4, 0.5) is 10.6 Å². The van der Waals surface area contributed by atoms with Crippen molar-refractivity contribution in [2.45, 2.75) is 11.8 Å². The quantitative estimate of drug-likeness (QED) is 0.625. The Balaban J connectivity index is 2.46. The molecule has 1 rings (SSSR count). The van der Waals surface area contributed by atoms with Gasteiger partial charge in [-0.15, -0.1) is 11.8 Å². The Morgan fingerprint density at radius 1 is 1.56 bits per heavy atom. The van der Waals surface area contributed by atoms with Crippen LogP contribution in [-0.4, -0.2) is 23.8 Å². The van der Waals surface area contributed by atoms with Gasteiger partial charge in [-0.05, 0) is 25.3 Å². The van der Waals surface area contributed by atoms with Crippen LogP contribution in [-0.2, 0) is 0 Å². The molecular formula is C11H15N3OS. The molecule has 1 heterocycles. The molecule has 0 saturated heterocycles. The van der Waals surface area contributed by atoms with Crippen LogP contribution >= 0.6 is 11.8 Å². The van der Waals surface area contributed by atoms with E-state index in [0.29, 0.717) is 12.4 Å². The fourth-order valence-electron chi connectivity index (χ4n) is 0.967. The third-order valence-corrected chi connectivity index (χ3v) is 2.48. The van der Waals surface area contributed by atoms with Crippen LogP contribution in [0, 0.1) is 0 Å². The highest BCUT2D eigenvalue weighted by molar-refractivity contribution is 7.98. The van der Waals surface area contributed by atoms with Crippen LogP contribution in [0.25, 0.3) is 0 Å². The second-order valence-corrected chi connectivity index (χ2v) is 4.23. The van der Waals surface area contributed by atoms with Crippen molar-refractivity contribution in [1.29, 1.82) is 0 Å². The average molecular weight is 237 g/mol. The van der Waals surface area contributed by atoms with Gasteiger partial charge in [0.05, 0.1) is 0 Å². The Labute approximate surface area is 99.5 Å². The summed E-state index contributed by atoms with van der Waals surface area (Å²) in [4.78, 5) is 16.5. The van der Waals surface area contributed by atoms with Crippen molar-refractivity contribution in [3.05, 3.63) is 30.5 Å². The number of hydrogen-bond acceptors (Lipinski definition) is 3. The van der Waals surface area contributed by atoms with E-state index < -0.39 is 0 Å². The van der Waals surface area contributed by atoms with Crippen LogP contribution in [0.3, 0.4) is 0 Å². The van der Waals surface area contributed by atoms with E-state index in [-0.39, 0.29) is 6.03 Å². The minimum absolute atomic E-state index is 0.271. The molecule has 0 unspecified atom stereocenters. The summed E-state index contributed by atoms with van der Waals surface area (Å²) >= 11 is 1.61. The molecule has 16 heavy (non-hydrogen) atoms. The van der Waals surface area contributed by atoms with E-state index in [1.54, 1.807) is 24.0 Å². The van der Waals surface area contributed by atoms with E-state index in [4.69, 9.17) is 0 Å². The lowest BCUT2D eigenvalue weighted by molar-refractivity contribution is 0.252. The van der Waals surface area contributed by atoms with Gasteiger partial charge in [0.25, 0.3) is 0 Å². The summed E-state index contributed by atoms with van der Waals surface area (Å²) in [6.07, 6.45) is 3.70. The molecule has 5 heteroatoms. The number of anilines is 1. The Morgan fingerprint density at radius 3 is 2.81 bits per heavy atom. The lowest BCUT2D eigenvalue weighted by Gasteiger charge is -2.06. The maximum atomic E-state index is 11.4. The summed E-state index contributed by atoms with van der Waals surface area (Å²) in [5.74, 6) is 0.539. The highest BCUT2D eigenvalue weighted by Gasteiger charge is 2.01. The van der Waals surface area contributed by atoms with Gasteiger partial charge in [0.1, 0.15) is 5.82 Å². The zero-order valence-electron chi connectivity index (χ0n) is 9.41. The van der Waals surface area contributed by atoms with Crippen molar-refractivity contribution < 1.29 is 4.79 Å². The molecule has 1 aromatic heterocycles. The van der Waals surface area contributed by atoms with Crippen molar-refractivity contribution in [3.8, 4) is 0 Å². The van der Waals surface area contributed by atoms with Gasteiger partial charge >= 0.3 is 6.03 Å². The van der Waals surface area contributed by atoms with Crippen LogP contribution in [0.15, 0.2) is 35.4 Å². The van der Waals surface area contributed by atoms with Crippen molar-refractivity contribution in [3.63, 3.8) is 0 Å². The number of carbonyl (C=O) groups excluding carboxylic acids is 1. The predicted molar refractivity (Wildman–Crippen MR) is 67.9 cm³/mol. The normalized spacial score (nSPS) is 9.62. The molecule has 0 bridgehead atoms. The standard InChI is InChI=1S/C11H15N3OS/c1-8(2)6-13-11(15)14-10-5-4-9(16-3)7-12-10/h4-5,7H,1,6H2,2-3H3,(H2,12,13,14,15). The summed E-state index contributed by atoms with van der Waals surface area (Å²) < 4.78 is 0. The Kier molecular flexibility index (Phi) is 4.85. The third-order valence-electron chi connectivity index (χ3n) is 1.76. The molecule has 0 aliphatic rings. The molecular weight excluding hydrogens is 222 g/mol. The summed E-state index contributed by atoms with van der Waals surface area (Å²) in [6, 6.07) is 3.41.